The number of hydrogen-bond acceptors (Lipinski definition) is 1. The number of carbonyl (C=O) groups is 1. The summed E-state index contributed by atoms with van der Waals surface area (Å²) in [7, 11) is 0. The van der Waals surface area contributed by atoms with Crippen molar-refractivity contribution in [3.05, 3.63) is 41.9 Å². The number of fused-ring (bicyclic) bond motifs is 1. The van der Waals surface area contributed by atoms with Crippen LogP contribution >= 0.6 is 0 Å². The Labute approximate surface area is 129 Å². The molecule has 116 valence electrons. The zero-order valence-corrected chi connectivity index (χ0v) is 12.5. The van der Waals surface area contributed by atoms with E-state index in [2.05, 4.69) is 4.57 Å². The van der Waals surface area contributed by atoms with Gasteiger partial charge in [0.2, 0.25) is 0 Å². The van der Waals surface area contributed by atoms with Crippen LogP contribution in [0.1, 0.15) is 37.8 Å². The lowest BCUT2D eigenvalue weighted by molar-refractivity contribution is -0.131. The SMILES string of the molecule is O=C(O)/C=C/c1cc2ccc(F)cc2n1CC1CCCCC1. The van der Waals surface area contributed by atoms with Gasteiger partial charge in [-0.3, -0.25) is 0 Å². The van der Waals surface area contributed by atoms with Crippen LogP contribution in [0.3, 0.4) is 0 Å². The summed E-state index contributed by atoms with van der Waals surface area (Å²) in [6.07, 6.45) is 8.92. The van der Waals surface area contributed by atoms with Crippen molar-refractivity contribution in [2.75, 3.05) is 0 Å². The van der Waals surface area contributed by atoms with Crippen molar-refractivity contribution >= 4 is 22.9 Å². The molecular weight excluding hydrogens is 281 g/mol. The molecule has 0 aliphatic heterocycles. The summed E-state index contributed by atoms with van der Waals surface area (Å²) in [5, 5.41) is 9.80. The number of hydrogen-bond donors (Lipinski definition) is 1. The lowest BCUT2D eigenvalue weighted by atomic mass is 9.89. The first-order chi connectivity index (χ1) is 10.6. The lowest BCUT2D eigenvalue weighted by Gasteiger charge is -2.23. The van der Waals surface area contributed by atoms with Gasteiger partial charge in [-0.25, -0.2) is 9.18 Å². The second kappa shape index (κ2) is 6.34. The van der Waals surface area contributed by atoms with E-state index in [0.29, 0.717) is 5.92 Å². The van der Waals surface area contributed by atoms with E-state index in [4.69, 9.17) is 5.11 Å². The monoisotopic (exact) mass is 301 g/mol. The minimum absolute atomic E-state index is 0.260. The van der Waals surface area contributed by atoms with Crippen molar-refractivity contribution in [2.45, 2.75) is 38.6 Å². The first-order valence-corrected chi connectivity index (χ1v) is 7.83. The Kier molecular flexibility index (Phi) is 4.27. The fraction of sp³-hybridized carbons (Fsp3) is 0.389. The van der Waals surface area contributed by atoms with Gasteiger partial charge in [0.1, 0.15) is 5.82 Å². The van der Waals surface area contributed by atoms with Gasteiger partial charge in [0.25, 0.3) is 0 Å². The third-order valence-corrected chi connectivity index (χ3v) is 4.46. The standard InChI is InChI=1S/C18H20FNO2/c19-15-7-6-14-10-16(8-9-18(21)22)20(17(14)11-15)12-13-4-2-1-3-5-13/h6-11,13H,1-5,12H2,(H,21,22)/b9-8+. The predicted molar refractivity (Wildman–Crippen MR) is 85.1 cm³/mol. The molecule has 1 aliphatic rings. The van der Waals surface area contributed by atoms with E-state index in [1.54, 1.807) is 12.1 Å². The molecule has 2 aromatic rings. The first kappa shape index (κ1) is 14.8. The predicted octanol–water partition coefficient (Wildman–Crippen LogP) is 4.46. The molecule has 1 aromatic heterocycles. The fourth-order valence-electron chi connectivity index (χ4n) is 3.38. The van der Waals surface area contributed by atoms with E-state index in [1.165, 1.54) is 44.2 Å². The maximum Gasteiger partial charge on any atom is 0.328 e. The van der Waals surface area contributed by atoms with Crippen molar-refractivity contribution in [1.82, 2.24) is 4.57 Å². The molecular formula is C18H20FNO2. The number of nitrogens with zero attached hydrogens (tertiary/aromatic N) is 1. The van der Waals surface area contributed by atoms with Gasteiger partial charge < -0.3 is 9.67 Å². The van der Waals surface area contributed by atoms with Crippen LogP contribution in [0, 0.1) is 11.7 Å². The Bertz CT molecular complexity index is 711. The van der Waals surface area contributed by atoms with Gasteiger partial charge in [-0.2, -0.15) is 0 Å². The summed E-state index contributed by atoms with van der Waals surface area (Å²) >= 11 is 0. The number of aromatic nitrogens is 1. The van der Waals surface area contributed by atoms with Crippen LogP contribution < -0.4 is 0 Å². The number of benzene rings is 1. The van der Waals surface area contributed by atoms with Crippen LogP contribution in [0.2, 0.25) is 0 Å². The van der Waals surface area contributed by atoms with Gasteiger partial charge in [-0.1, -0.05) is 19.3 Å². The Hall–Kier alpha value is -2.10. The van der Waals surface area contributed by atoms with Crippen molar-refractivity contribution in [2.24, 2.45) is 5.92 Å². The smallest absolute Gasteiger partial charge is 0.328 e. The normalized spacial score (nSPS) is 16.6. The summed E-state index contributed by atoms with van der Waals surface area (Å²) in [4.78, 5) is 10.8. The van der Waals surface area contributed by atoms with Gasteiger partial charge >= 0.3 is 5.97 Å². The van der Waals surface area contributed by atoms with Gasteiger partial charge in [0.15, 0.2) is 0 Å². The molecule has 1 aliphatic carbocycles. The average Bonchev–Trinajstić information content (AvgIpc) is 2.84. The number of rotatable bonds is 4. The molecule has 0 amide bonds. The highest BCUT2D eigenvalue weighted by Crippen LogP contribution is 2.29. The van der Waals surface area contributed by atoms with E-state index in [1.807, 2.05) is 6.07 Å². The van der Waals surface area contributed by atoms with E-state index in [9.17, 15) is 9.18 Å². The maximum absolute atomic E-state index is 13.6. The maximum atomic E-state index is 13.6. The minimum atomic E-state index is -0.972. The molecule has 1 fully saturated rings. The number of halogens is 1. The minimum Gasteiger partial charge on any atom is -0.478 e. The van der Waals surface area contributed by atoms with Gasteiger partial charge in [-0.05, 0) is 49.1 Å². The van der Waals surface area contributed by atoms with Crippen molar-refractivity contribution in [3.8, 4) is 0 Å². The van der Waals surface area contributed by atoms with Crippen LogP contribution in [0.25, 0.3) is 17.0 Å². The molecule has 3 nitrogen and oxygen atoms in total. The molecule has 4 heteroatoms. The second-order valence-corrected chi connectivity index (χ2v) is 6.06. The molecule has 0 saturated heterocycles. The highest BCUT2D eigenvalue weighted by atomic mass is 19.1. The van der Waals surface area contributed by atoms with E-state index in [-0.39, 0.29) is 5.82 Å². The van der Waals surface area contributed by atoms with Crippen LogP contribution in [-0.4, -0.2) is 15.6 Å². The summed E-state index contributed by atoms with van der Waals surface area (Å²) in [6.45, 7) is 0.826. The molecule has 0 radical (unpaired) electrons. The third-order valence-electron chi connectivity index (χ3n) is 4.46. The molecule has 1 saturated carbocycles. The quantitative estimate of drug-likeness (QED) is 0.847. The largest absolute Gasteiger partial charge is 0.478 e. The molecule has 0 atom stereocenters. The van der Waals surface area contributed by atoms with E-state index >= 15 is 0 Å². The summed E-state index contributed by atoms with van der Waals surface area (Å²) in [5.74, 6) is -0.644. The Balaban J connectivity index is 2.00. The van der Waals surface area contributed by atoms with Crippen LogP contribution in [0.5, 0.6) is 0 Å². The average molecular weight is 301 g/mol. The van der Waals surface area contributed by atoms with Crippen LogP contribution in [0.15, 0.2) is 30.3 Å². The molecule has 0 spiro atoms. The molecule has 1 aromatic carbocycles. The Morgan fingerprint density at radius 3 is 2.77 bits per heavy atom. The summed E-state index contributed by atoms with van der Waals surface area (Å²) < 4.78 is 15.7. The third kappa shape index (κ3) is 3.21. The number of carboxylic acids is 1. The van der Waals surface area contributed by atoms with Crippen molar-refractivity contribution in [1.29, 1.82) is 0 Å². The van der Waals surface area contributed by atoms with Crippen LogP contribution in [-0.2, 0) is 11.3 Å². The highest BCUT2D eigenvalue weighted by molar-refractivity contribution is 5.88. The number of aliphatic carboxylic acids is 1. The lowest BCUT2D eigenvalue weighted by Crippen LogP contribution is -2.15. The van der Waals surface area contributed by atoms with Crippen molar-refractivity contribution in [3.63, 3.8) is 0 Å². The zero-order valence-electron chi connectivity index (χ0n) is 12.5. The van der Waals surface area contributed by atoms with Gasteiger partial charge in [0.05, 0.1) is 5.52 Å². The topological polar surface area (TPSA) is 42.2 Å². The molecule has 1 N–H and O–H groups in total. The van der Waals surface area contributed by atoms with E-state index < -0.39 is 5.97 Å². The van der Waals surface area contributed by atoms with Crippen LogP contribution in [0.4, 0.5) is 4.39 Å². The first-order valence-electron chi connectivity index (χ1n) is 7.83. The van der Waals surface area contributed by atoms with Gasteiger partial charge in [0, 0.05) is 23.7 Å². The summed E-state index contributed by atoms with van der Waals surface area (Å²) in [6, 6.07) is 6.66. The van der Waals surface area contributed by atoms with Crippen molar-refractivity contribution < 1.29 is 14.3 Å². The molecule has 1 heterocycles. The Morgan fingerprint density at radius 2 is 2.05 bits per heavy atom. The molecule has 3 rings (SSSR count). The highest BCUT2D eigenvalue weighted by Gasteiger charge is 2.17. The van der Waals surface area contributed by atoms with Gasteiger partial charge in [-0.15, -0.1) is 0 Å². The molecule has 0 unspecified atom stereocenters. The zero-order chi connectivity index (χ0) is 15.5. The number of carboxylic acid groups (broad SMARTS) is 1. The Morgan fingerprint density at radius 1 is 1.27 bits per heavy atom. The molecule has 0 bridgehead atoms. The second-order valence-electron chi connectivity index (χ2n) is 6.06. The van der Waals surface area contributed by atoms with E-state index in [0.717, 1.165) is 29.2 Å². The fourth-order valence-corrected chi connectivity index (χ4v) is 3.38. The molecule has 22 heavy (non-hydrogen) atoms. The summed E-state index contributed by atoms with van der Waals surface area (Å²) in [5.41, 5.74) is 1.67.